The number of aliphatic hydroxyl groups excluding tert-OH is 2. The molecule has 1 unspecified atom stereocenters. The second-order valence-corrected chi connectivity index (χ2v) is 4.03. The lowest BCUT2D eigenvalue weighted by Crippen LogP contribution is -2.20. The maximum Gasteiger partial charge on any atom is 0.333 e. The summed E-state index contributed by atoms with van der Waals surface area (Å²) in [5.41, 5.74) is 1.57. The van der Waals surface area contributed by atoms with Crippen molar-refractivity contribution in [1.82, 2.24) is 0 Å². The first-order valence-corrected chi connectivity index (χ1v) is 5.67. The van der Waals surface area contributed by atoms with E-state index >= 15 is 0 Å². The quantitative estimate of drug-likeness (QED) is 0.373. The smallest absolute Gasteiger partial charge is 0.333 e. The first-order valence-electron chi connectivity index (χ1n) is 5.67. The Morgan fingerprint density at radius 1 is 1.24 bits per heavy atom. The predicted molar refractivity (Wildman–Crippen MR) is 63.5 cm³/mol. The molecule has 0 radical (unpaired) electrons. The Morgan fingerprint density at radius 2 is 1.88 bits per heavy atom. The van der Waals surface area contributed by atoms with E-state index < -0.39 is 6.10 Å². The van der Waals surface area contributed by atoms with Crippen LogP contribution in [0.15, 0.2) is 11.1 Å². The van der Waals surface area contributed by atoms with Crippen LogP contribution < -0.4 is 0 Å². The van der Waals surface area contributed by atoms with Crippen LogP contribution in [0.25, 0.3) is 0 Å². The highest BCUT2D eigenvalue weighted by Gasteiger charge is 2.06. The largest absolute Gasteiger partial charge is 0.462 e. The van der Waals surface area contributed by atoms with Gasteiger partial charge in [0.25, 0.3) is 0 Å². The monoisotopic (exact) mass is 246 g/mol. The molecule has 0 saturated heterocycles. The Hall–Kier alpha value is -0.910. The van der Waals surface area contributed by atoms with E-state index in [1.807, 2.05) is 13.8 Å². The van der Waals surface area contributed by atoms with Crippen molar-refractivity contribution < 1.29 is 24.5 Å². The van der Waals surface area contributed by atoms with Gasteiger partial charge in [0.1, 0.15) is 6.10 Å². The third-order valence-electron chi connectivity index (χ3n) is 2.24. The minimum Gasteiger partial charge on any atom is -0.462 e. The highest BCUT2D eigenvalue weighted by atomic mass is 16.5. The fraction of sp³-hybridized carbons (Fsp3) is 0.750. The average Bonchev–Trinajstić information content (AvgIpc) is 2.31. The molecule has 0 heterocycles. The van der Waals surface area contributed by atoms with Crippen LogP contribution in [-0.4, -0.2) is 48.7 Å². The zero-order valence-corrected chi connectivity index (χ0v) is 10.7. The topological polar surface area (TPSA) is 76.0 Å². The summed E-state index contributed by atoms with van der Waals surface area (Å²) in [6, 6.07) is 0. The predicted octanol–water partition coefficient (Wildman–Crippen LogP) is 0.646. The molecule has 0 aliphatic rings. The molecule has 0 amide bonds. The number of aliphatic hydroxyl groups is 2. The summed E-state index contributed by atoms with van der Waals surface area (Å²) in [5, 5.41) is 17.5. The van der Waals surface area contributed by atoms with E-state index in [2.05, 4.69) is 0 Å². The van der Waals surface area contributed by atoms with Crippen LogP contribution in [0.4, 0.5) is 0 Å². The van der Waals surface area contributed by atoms with Crippen LogP contribution in [0.5, 0.6) is 0 Å². The van der Waals surface area contributed by atoms with Crippen molar-refractivity contribution in [3.05, 3.63) is 11.1 Å². The van der Waals surface area contributed by atoms with Crippen molar-refractivity contribution in [1.29, 1.82) is 0 Å². The molecule has 0 saturated carbocycles. The van der Waals surface area contributed by atoms with Crippen molar-refractivity contribution in [2.45, 2.75) is 33.3 Å². The van der Waals surface area contributed by atoms with E-state index in [-0.39, 0.29) is 19.2 Å². The number of rotatable bonds is 8. The van der Waals surface area contributed by atoms with Gasteiger partial charge >= 0.3 is 5.97 Å². The fourth-order valence-corrected chi connectivity index (χ4v) is 0.910. The third-order valence-corrected chi connectivity index (χ3v) is 2.24. The van der Waals surface area contributed by atoms with Gasteiger partial charge in [0.05, 0.1) is 19.8 Å². The molecular formula is C12H22O5. The van der Waals surface area contributed by atoms with Crippen LogP contribution in [0.3, 0.4) is 0 Å². The van der Waals surface area contributed by atoms with Gasteiger partial charge in [-0.3, -0.25) is 0 Å². The van der Waals surface area contributed by atoms with Crippen LogP contribution in [0.2, 0.25) is 0 Å². The molecule has 0 aromatic heterocycles. The standard InChI is InChI=1S/C12H22O5/c1-9(2)10(3)12(15)17-6-4-5-16-8-11(14)7-13/h11,13-14H,4-8H2,1-3H3. The minimum absolute atomic E-state index is 0.0947. The van der Waals surface area contributed by atoms with Gasteiger partial charge in [0.15, 0.2) is 0 Å². The molecule has 0 bridgehead atoms. The van der Waals surface area contributed by atoms with Crippen molar-refractivity contribution >= 4 is 5.97 Å². The Balaban J connectivity index is 3.53. The third kappa shape index (κ3) is 7.90. The van der Waals surface area contributed by atoms with E-state index in [9.17, 15) is 4.79 Å². The highest BCUT2D eigenvalue weighted by molar-refractivity contribution is 5.88. The molecule has 100 valence electrons. The van der Waals surface area contributed by atoms with Gasteiger partial charge in [-0.15, -0.1) is 0 Å². The van der Waals surface area contributed by atoms with E-state index in [0.29, 0.717) is 25.2 Å². The summed E-state index contributed by atoms with van der Waals surface area (Å²) in [7, 11) is 0. The van der Waals surface area contributed by atoms with Gasteiger partial charge < -0.3 is 19.7 Å². The Labute approximate surface area is 102 Å². The summed E-state index contributed by atoms with van der Waals surface area (Å²) in [5.74, 6) is -0.305. The summed E-state index contributed by atoms with van der Waals surface area (Å²) < 4.78 is 10.1. The fourth-order valence-electron chi connectivity index (χ4n) is 0.910. The number of carbonyl (C=O) groups is 1. The van der Waals surface area contributed by atoms with E-state index in [1.165, 1.54) is 0 Å². The Kier molecular flexibility index (Phi) is 8.66. The number of allylic oxidation sites excluding steroid dienone is 1. The molecule has 2 N–H and O–H groups in total. The highest BCUT2D eigenvalue weighted by Crippen LogP contribution is 2.04. The van der Waals surface area contributed by atoms with E-state index in [1.54, 1.807) is 6.92 Å². The van der Waals surface area contributed by atoms with Crippen molar-refractivity contribution in [3.8, 4) is 0 Å². The lowest BCUT2D eigenvalue weighted by atomic mass is 10.2. The van der Waals surface area contributed by atoms with Gasteiger partial charge in [-0.1, -0.05) is 5.57 Å². The first-order chi connectivity index (χ1) is 7.99. The molecule has 0 rings (SSSR count). The molecule has 0 aliphatic carbocycles. The van der Waals surface area contributed by atoms with Crippen molar-refractivity contribution in [2.24, 2.45) is 0 Å². The molecule has 5 heteroatoms. The number of ether oxygens (including phenoxy) is 2. The first kappa shape index (κ1) is 16.1. The summed E-state index contributed by atoms with van der Waals surface area (Å²) in [6.07, 6.45) is -0.273. The molecule has 5 nitrogen and oxygen atoms in total. The van der Waals surface area contributed by atoms with Crippen LogP contribution in [-0.2, 0) is 14.3 Å². The number of esters is 1. The van der Waals surface area contributed by atoms with Gasteiger partial charge in [0.2, 0.25) is 0 Å². The number of hydrogen-bond acceptors (Lipinski definition) is 5. The summed E-state index contributed by atoms with van der Waals surface area (Å²) in [6.45, 7) is 5.90. The Morgan fingerprint density at radius 3 is 2.41 bits per heavy atom. The molecular weight excluding hydrogens is 224 g/mol. The van der Waals surface area contributed by atoms with Crippen molar-refractivity contribution in [2.75, 3.05) is 26.4 Å². The molecule has 0 aromatic carbocycles. The number of carbonyl (C=O) groups excluding carboxylic acids is 1. The second kappa shape index (κ2) is 9.15. The van der Waals surface area contributed by atoms with Gasteiger partial charge in [0, 0.05) is 18.6 Å². The zero-order valence-electron chi connectivity index (χ0n) is 10.7. The minimum atomic E-state index is -0.842. The van der Waals surface area contributed by atoms with Gasteiger partial charge in [-0.25, -0.2) is 4.79 Å². The lowest BCUT2D eigenvalue weighted by molar-refractivity contribution is -0.139. The maximum atomic E-state index is 11.4. The molecule has 0 fully saturated rings. The van der Waals surface area contributed by atoms with Gasteiger partial charge in [-0.2, -0.15) is 0 Å². The summed E-state index contributed by atoms with van der Waals surface area (Å²) in [4.78, 5) is 11.4. The van der Waals surface area contributed by atoms with Crippen LogP contribution in [0.1, 0.15) is 27.2 Å². The van der Waals surface area contributed by atoms with Crippen molar-refractivity contribution in [3.63, 3.8) is 0 Å². The zero-order chi connectivity index (χ0) is 13.3. The normalized spacial score (nSPS) is 12.1. The maximum absolute atomic E-state index is 11.4. The van der Waals surface area contributed by atoms with E-state index in [0.717, 1.165) is 5.57 Å². The van der Waals surface area contributed by atoms with Gasteiger partial charge in [-0.05, 0) is 20.8 Å². The van der Waals surface area contributed by atoms with Crippen LogP contribution in [0, 0.1) is 0 Å². The SMILES string of the molecule is CC(C)=C(C)C(=O)OCCCOCC(O)CO. The molecule has 0 spiro atoms. The van der Waals surface area contributed by atoms with E-state index in [4.69, 9.17) is 19.7 Å². The average molecular weight is 246 g/mol. The second-order valence-electron chi connectivity index (χ2n) is 4.03. The summed E-state index contributed by atoms with van der Waals surface area (Å²) >= 11 is 0. The molecule has 17 heavy (non-hydrogen) atoms. The molecule has 0 aromatic rings. The molecule has 0 aliphatic heterocycles. The Bertz CT molecular complexity index is 256. The van der Waals surface area contributed by atoms with Crippen LogP contribution >= 0.6 is 0 Å². The molecule has 1 atom stereocenters. The number of hydrogen-bond donors (Lipinski definition) is 2. The lowest BCUT2D eigenvalue weighted by Gasteiger charge is -2.09.